The third-order valence-electron chi connectivity index (χ3n) is 2.99. The lowest BCUT2D eigenvalue weighted by molar-refractivity contribution is -0.118. The topological polar surface area (TPSA) is 37.4 Å². The quantitative estimate of drug-likeness (QED) is 0.795. The summed E-state index contributed by atoms with van der Waals surface area (Å²) >= 11 is 11.9. The van der Waals surface area contributed by atoms with E-state index in [4.69, 9.17) is 23.2 Å². The summed E-state index contributed by atoms with van der Waals surface area (Å²) in [5.74, 6) is 0.0553. The number of ketones is 1. The molecule has 1 heterocycles. The van der Waals surface area contributed by atoms with Crippen molar-refractivity contribution in [2.24, 2.45) is 0 Å². The fourth-order valence-electron chi connectivity index (χ4n) is 2.00. The highest BCUT2D eigenvalue weighted by molar-refractivity contribution is 6.35. The van der Waals surface area contributed by atoms with Crippen LogP contribution in [0.1, 0.15) is 29.6 Å². The van der Waals surface area contributed by atoms with Crippen LogP contribution < -0.4 is 0 Å². The Hall–Kier alpha value is -1.06. The van der Waals surface area contributed by atoms with Gasteiger partial charge in [-0.15, -0.1) is 0 Å². The van der Waals surface area contributed by atoms with Gasteiger partial charge in [0.05, 0.1) is 10.6 Å². The molecule has 1 amide bonds. The van der Waals surface area contributed by atoms with Crippen molar-refractivity contribution in [3.05, 3.63) is 33.8 Å². The van der Waals surface area contributed by atoms with Gasteiger partial charge in [0, 0.05) is 31.0 Å². The van der Waals surface area contributed by atoms with E-state index in [0.29, 0.717) is 48.0 Å². The van der Waals surface area contributed by atoms with Crippen LogP contribution in [0.4, 0.5) is 0 Å². The van der Waals surface area contributed by atoms with Crippen molar-refractivity contribution in [3.8, 4) is 0 Å². The number of rotatable bonds is 1. The molecule has 18 heavy (non-hydrogen) atoms. The van der Waals surface area contributed by atoms with Gasteiger partial charge in [0.1, 0.15) is 5.78 Å². The van der Waals surface area contributed by atoms with Crippen LogP contribution in [0.3, 0.4) is 0 Å². The lowest BCUT2D eigenvalue weighted by Gasteiger charge is -2.20. The van der Waals surface area contributed by atoms with Gasteiger partial charge >= 0.3 is 0 Å². The second-order valence-corrected chi connectivity index (χ2v) is 5.15. The van der Waals surface area contributed by atoms with Crippen LogP contribution in [-0.2, 0) is 4.79 Å². The summed E-state index contributed by atoms with van der Waals surface area (Å²) in [4.78, 5) is 25.3. The van der Waals surface area contributed by atoms with Gasteiger partial charge in [0.2, 0.25) is 0 Å². The maximum Gasteiger partial charge on any atom is 0.255 e. The lowest BCUT2D eigenvalue weighted by atomic mass is 10.2. The maximum absolute atomic E-state index is 12.3. The smallest absolute Gasteiger partial charge is 0.255 e. The SMILES string of the molecule is O=C1CCCN(C(=O)c2cc(Cl)ccc2Cl)CC1. The van der Waals surface area contributed by atoms with Crippen molar-refractivity contribution in [2.75, 3.05) is 13.1 Å². The van der Waals surface area contributed by atoms with Crippen LogP contribution in [0.2, 0.25) is 10.0 Å². The summed E-state index contributed by atoms with van der Waals surface area (Å²) in [5, 5.41) is 0.869. The second-order valence-electron chi connectivity index (χ2n) is 4.31. The van der Waals surface area contributed by atoms with E-state index < -0.39 is 0 Å². The van der Waals surface area contributed by atoms with Gasteiger partial charge in [-0.05, 0) is 24.6 Å². The Kier molecular flexibility index (Phi) is 4.25. The van der Waals surface area contributed by atoms with Crippen LogP contribution >= 0.6 is 23.2 Å². The van der Waals surface area contributed by atoms with E-state index in [2.05, 4.69) is 0 Å². The normalized spacial score (nSPS) is 16.6. The largest absolute Gasteiger partial charge is 0.338 e. The molecular formula is C13H13Cl2NO2. The number of carbonyl (C=O) groups excluding carboxylic acids is 2. The van der Waals surface area contributed by atoms with Crippen LogP contribution in [0.15, 0.2) is 18.2 Å². The molecule has 0 unspecified atom stereocenters. The Morgan fingerprint density at radius 2 is 1.94 bits per heavy atom. The highest BCUT2D eigenvalue weighted by Crippen LogP contribution is 2.23. The number of amides is 1. The van der Waals surface area contributed by atoms with E-state index in [1.54, 1.807) is 23.1 Å². The number of Topliss-reactive ketones (excluding diaryl/α,β-unsaturated/α-hetero) is 1. The van der Waals surface area contributed by atoms with Gasteiger partial charge < -0.3 is 4.90 Å². The first kappa shape index (κ1) is 13.4. The van der Waals surface area contributed by atoms with Crippen LogP contribution in [-0.4, -0.2) is 29.7 Å². The van der Waals surface area contributed by atoms with Crippen molar-refractivity contribution in [1.29, 1.82) is 0 Å². The van der Waals surface area contributed by atoms with Gasteiger partial charge in [-0.2, -0.15) is 0 Å². The number of carbonyl (C=O) groups is 2. The van der Waals surface area contributed by atoms with E-state index >= 15 is 0 Å². The number of nitrogens with zero attached hydrogens (tertiary/aromatic N) is 1. The average Bonchev–Trinajstić information content (AvgIpc) is 2.56. The van der Waals surface area contributed by atoms with Crippen LogP contribution in [0.25, 0.3) is 0 Å². The molecule has 1 fully saturated rings. The maximum atomic E-state index is 12.3. The summed E-state index contributed by atoms with van der Waals surface area (Å²) in [6.45, 7) is 1.05. The predicted molar refractivity (Wildman–Crippen MR) is 71.2 cm³/mol. The summed E-state index contributed by atoms with van der Waals surface area (Å²) < 4.78 is 0. The Labute approximate surface area is 116 Å². The number of likely N-dealkylation sites (tertiary alicyclic amines) is 1. The van der Waals surface area contributed by atoms with Gasteiger partial charge in [-0.25, -0.2) is 0 Å². The fourth-order valence-corrected chi connectivity index (χ4v) is 2.37. The molecule has 96 valence electrons. The summed E-state index contributed by atoms with van der Waals surface area (Å²) in [6.07, 6.45) is 1.68. The number of hydrogen-bond donors (Lipinski definition) is 0. The molecule has 0 aromatic heterocycles. The minimum atomic E-state index is -0.155. The van der Waals surface area contributed by atoms with E-state index in [1.807, 2.05) is 0 Å². The zero-order chi connectivity index (χ0) is 13.1. The van der Waals surface area contributed by atoms with Crippen molar-refractivity contribution in [1.82, 2.24) is 4.90 Å². The monoisotopic (exact) mass is 285 g/mol. The van der Waals surface area contributed by atoms with Gasteiger partial charge in [-0.1, -0.05) is 23.2 Å². The van der Waals surface area contributed by atoms with E-state index in [1.165, 1.54) is 0 Å². The van der Waals surface area contributed by atoms with E-state index in [0.717, 1.165) is 0 Å². The number of benzene rings is 1. The molecular weight excluding hydrogens is 273 g/mol. The first-order valence-electron chi connectivity index (χ1n) is 5.84. The minimum Gasteiger partial charge on any atom is -0.338 e. The predicted octanol–water partition coefficient (Wildman–Crippen LogP) is 3.19. The van der Waals surface area contributed by atoms with Gasteiger partial charge in [0.25, 0.3) is 5.91 Å². The lowest BCUT2D eigenvalue weighted by Crippen LogP contribution is -2.32. The molecule has 0 bridgehead atoms. The Balaban J connectivity index is 2.19. The highest BCUT2D eigenvalue weighted by Gasteiger charge is 2.21. The molecule has 0 radical (unpaired) electrons. The summed E-state index contributed by atoms with van der Waals surface area (Å²) in [5.41, 5.74) is 0.401. The number of hydrogen-bond acceptors (Lipinski definition) is 2. The highest BCUT2D eigenvalue weighted by atomic mass is 35.5. The molecule has 2 rings (SSSR count). The third-order valence-corrected chi connectivity index (χ3v) is 3.55. The average molecular weight is 286 g/mol. The molecule has 0 saturated carbocycles. The molecule has 1 saturated heterocycles. The van der Waals surface area contributed by atoms with Crippen LogP contribution in [0, 0.1) is 0 Å². The van der Waals surface area contributed by atoms with Crippen molar-refractivity contribution < 1.29 is 9.59 Å². The number of halogens is 2. The molecule has 1 aromatic rings. The standard InChI is InChI=1S/C13H13Cl2NO2/c14-9-3-4-12(15)11(8-9)13(18)16-6-1-2-10(17)5-7-16/h3-4,8H,1-2,5-7H2. The first-order valence-corrected chi connectivity index (χ1v) is 6.59. The molecule has 1 aliphatic heterocycles. The van der Waals surface area contributed by atoms with Crippen molar-refractivity contribution in [2.45, 2.75) is 19.3 Å². The molecule has 5 heteroatoms. The molecule has 1 aromatic carbocycles. The van der Waals surface area contributed by atoms with Crippen molar-refractivity contribution >= 4 is 34.9 Å². The van der Waals surface area contributed by atoms with E-state index in [-0.39, 0.29) is 11.7 Å². The first-order chi connectivity index (χ1) is 8.58. The fraction of sp³-hybridized carbons (Fsp3) is 0.385. The third kappa shape index (κ3) is 3.03. The molecule has 0 atom stereocenters. The van der Waals surface area contributed by atoms with Crippen molar-refractivity contribution in [3.63, 3.8) is 0 Å². The van der Waals surface area contributed by atoms with E-state index in [9.17, 15) is 9.59 Å². The zero-order valence-corrected chi connectivity index (χ0v) is 11.3. The van der Waals surface area contributed by atoms with Gasteiger partial charge in [-0.3, -0.25) is 9.59 Å². The molecule has 0 aliphatic carbocycles. The molecule has 3 nitrogen and oxygen atoms in total. The summed E-state index contributed by atoms with van der Waals surface area (Å²) in [7, 11) is 0. The second kappa shape index (κ2) is 5.72. The van der Waals surface area contributed by atoms with Gasteiger partial charge in [0.15, 0.2) is 0 Å². The Morgan fingerprint density at radius 3 is 2.72 bits per heavy atom. The zero-order valence-electron chi connectivity index (χ0n) is 9.79. The van der Waals surface area contributed by atoms with Crippen LogP contribution in [0.5, 0.6) is 0 Å². The summed E-state index contributed by atoms with van der Waals surface area (Å²) in [6, 6.07) is 4.83. The molecule has 1 aliphatic rings. The Morgan fingerprint density at radius 1 is 1.17 bits per heavy atom. The Bertz CT molecular complexity index is 488. The minimum absolute atomic E-state index is 0.155. The molecule has 0 N–H and O–H groups in total. The molecule has 0 spiro atoms.